The van der Waals surface area contributed by atoms with Gasteiger partial charge in [-0.25, -0.2) is 14.2 Å². The number of H-pyrrole nitrogens is 1. The number of nitrogens with zero attached hydrogens (tertiary/aromatic N) is 1. The molecule has 0 aliphatic carbocycles. The zero-order valence-electron chi connectivity index (χ0n) is 7.16. The first-order valence-electron chi connectivity index (χ1n) is 3.47. The fraction of sp³-hybridized carbons (Fsp3) is 0.286. The highest BCUT2D eigenvalue weighted by atomic mass is 16.5. The Morgan fingerprint density at radius 3 is 2.62 bits per heavy atom. The SMILES string of the molecule is COC(=O)n1c(C)cc(=O)[nH]c1=O. The molecule has 0 amide bonds. The van der Waals surface area contributed by atoms with Gasteiger partial charge in [-0.15, -0.1) is 0 Å². The Hall–Kier alpha value is -1.85. The van der Waals surface area contributed by atoms with E-state index in [1.807, 2.05) is 4.98 Å². The van der Waals surface area contributed by atoms with Crippen LogP contribution in [0.25, 0.3) is 0 Å². The smallest absolute Gasteiger partial charge is 0.422 e. The molecular weight excluding hydrogens is 176 g/mol. The lowest BCUT2D eigenvalue weighted by Crippen LogP contribution is -2.35. The number of aromatic amines is 1. The highest BCUT2D eigenvalue weighted by Gasteiger charge is 2.09. The highest BCUT2D eigenvalue weighted by Crippen LogP contribution is 1.89. The van der Waals surface area contributed by atoms with Gasteiger partial charge >= 0.3 is 11.8 Å². The Balaban J connectivity index is 3.46. The van der Waals surface area contributed by atoms with E-state index >= 15 is 0 Å². The maximum Gasteiger partial charge on any atom is 0.422 e. The largest absolute Gasteiger partial charge is 0.452 e. The molecule has 6 heteroatoms. The minimum absolute atomic E-state index is 0.237. The molecule has 0 unspecified atom stereocenters. The average Bonchev–Trinajstić information content (AvgIpc) is 2.02. The van der Waals surface area contributed by atoms with Gasteiger partial charge in [-0.05, 0) is 6.92 Å². The lowest BCUT2D eigenvalue weighted by molar-refractivity contribution is 0.170. The van der Waals surface area contributed by atoms with Crippen molar-refractivity contribution in [2.24, 2.45) is 0 Å². The van der Waals surface area contributed by atoms with Crippen LogP contribution in [0.5, 0.6) is 0 Å². The van der Waals surface area contributed by atoms with Crippen molar-refractivity contribution >= 4 is 6.09 Å². The second-order valence-corrected chi connectivity index (χ2v) is 2.39. The predicted molar refractivity (Wildman–Crippen MR) is 43.9 cm³/mol. The van der Waals surface area contributed by atoms with Gasteiger partial charge < -0.3 is 4.74 Å². The molecule has 0 aliphatic rings. The third kappa shape index (κ3) is 1.66. The minimum Gasteiger partial charge on any atom is -0.452 e. The molecule has 0 atom stereocenters. The van der Waals surface area contributed by atoms with Crippen molar-refractivity contribution in [1.29, 1.82) is 0 Å². The van der Waals surface area contributed by atoms with Crippen LogP contribution in [0.2, 0.25) is 0 Å². The van der Waals surface area contributed by atoms with Gasteiger partial charge in [0.2, 0.25) is 0 Å². The molecule has 70 valence electrons. The van der Waals surface area contributed by atoms with Gasteiger partial charge in [0.25, 0.3) is 5.56 Å². The van der Waals surface area contributed by atoms with E-state index in [-0.39, 0.29) is 5.69 Å². The molecule has 0 aliphatic heterocycles. The van der Waals surface area contributed by atoms with Crippen molar-refractivity contribution in [3.63, 3.8) is 0 Å². The fourth-order valence-corrected chi connectivity index (χ4v) is 0.930. The van der Waals surface area contributed by atoms with E-state index in [0.29, 0.717) is 0 Å². The quantitative estimate of drug-likeness (QED) is 0.587. The monoisotopic (exact) mass is 184 g/mol. The molecular formula is C7H8N2O4. The summed E-state index contributed by atoms with van der Waals surface area (Å²) in [5.74, 6) is 0. The molecule has 0 bridgehead atoms. The van der Waals surface area contributed by atoms with E-state index < -0.39 is 17.3 Å². The first-order valence-corrected chi connectivity index (χ1v) is 3.47. The first kappa shape index (κ1) is 9.24. The molecule has 1 rings (SSSR count). The molecule has 1 heterocycles. The van der Waals surface area contributed by atoms with Gasteiger partial charge in [-0.2, -0.15) is 0 Å². The Labute approximate surface area is 72.8 Å². The lowest BCUT2D eigenvalue weighted by atomic mass is 10.4. The molecule has 0 aromatic carbocycles. The number of aryl methyl sites for hydroxylation is 1. The molecule has 1 N–H and O–H groups in total. The van der Waals surface area contributed by atoms with E-state index in [0.717, 1.165) is 17.7 Å². The van der Waals surface area contributed by atoms with Gasteiger partial charge in [-0.3, -0.25) is 9.78 Å². The third-order valence-electron chi connectivity index (χ3n) is 1.48. The molecule has 1 aromatic rings. The van der Waals surface area contributed by atoms with Crippen LogP contribution in [-0.2, 0) is 4.74 Å². The van der Waals surface area contributed by atoms with E-state index in [2.05, 4.69) is 4.74 Å². The number of aromatic nitrogens is 2. The summed E-state index contributed by atoms with van der Waals surface area (Å²) in [6.45, 7) is 1.47. The number of hydrogen-bond acceptors (Lipinski definition) is 4. The van der Waals surface area contributed by atoms with Crippen LogP contribution < -0.4 is 11.2 Å². The molecule has 1 aromatic heterocycles. The normalized spacial score (nSPS) is 9.69. The summed E-state index contributed by atoms with van der Waals surface area (Å²) in [6.07, 6.45) is -0.821. The number of carbonyl (C=O) groups excluding carboxylic acids is 1. The molecule has 0 radical (unpaired) electrons. The number of nitrogens with one attached hydrogen (secondary N) is 1. The van der Waals surface area contributed by atoms with Crippen LogP contribution >= 0.6 is 0 Å². The predicted octanol–water partition coefficient (Wildman–Crippen LogP) is -0.540. The van der Waals surface area contributed by atoms with Crippen molar-refractivity contribution in [2.45, 2.75) is 6.92 Å². The topological polar surface area (TPSA) is 81.2 Å². The number of methoxy groups -OCH3 is 1. The maximum atomic E-state index is 11.1. The summed E-state index contributed by atoms with van der Waals surface area (Å²) >= 11 is 0. The van der Waals surface area contributed by atoms with Crippen LogP contribution in [-0.4, -0.2) is 22.8 Å². The number of rotatable bonds is 0. The number of carbonyl (C=O) groups is 1. The van der Waals surface area contributed by atoms with Crippen LogP contribution in [0.4, 0.5) is 4.79 Å². The minimum atomic E-state index is -0.821. The van der Waals surface area contributed by atoms with Crippen molar-refractivity contribution < 1.29 is 9.53 Å². The molecule has 6 nitrogen and oxygen atoms in total. The van der Waals surface area contributed by atoms with Gasteiger partial charge in [0.05, 0.1) is 7.11 Å². The van der Waals surface area contributed by atoms with E-state index in [9.17, 15) is 14.4 Å². The Morgan fingerprint density at radius 2 is 2.15 bits per heavy atom. The van der Waals surface area contributed by atoms with Crippen molar-refractivity contribution in [3.8, 4) is 0 Å². The maximum absolute atomic E-state index is 11.1. The molecule has 0 saturated heterocycles. The van der Waals surface area contributed by atoms with Gasteiger partial charge in [0.15, 0.2) is 0 Å². The van der Waals surface area contributed by atoms with E-state index in [1.165, 1.54) is 6.92 Å². The third-order valence-corrected chi connectivity index (χ3v) is 1.48. The molecule has 0 saturated carbocycles. The Bertz CT molecular complexity index is 443. The molecule has 0 fully saturated rings. The summed E-state index contributed by atoms with van der Waals surface area (Å²) in [7, 11) is 1.15. The Kier molecular flexibility index (Phi) is 2.32. The summed E-state index contributed by atoms with van der Waals surface area (Å²) in [4.78, 5) is 34.8. The summed E-state index contributed by atoms with van der Waals surface area (Å²) in [6, 6.07) is 1.14. The summed E-state index contributed by atoms with van der Waals surface area (Å²) in [5.41, 5.74) is -1.10. The van der Waals surface area contributed by atoms with Crippen molar-refractivity contribution in [3.05, 3.63) is 32.6 Å². The zero-order valence-corrected chi connectivity index (χ0v) is 7.16. The molecule has 13 heavy (non-hydrogen) atoms. The van der Waals surface area contributed by atoms with Crippen LogP contribution in [0.1, 0.15) is 5.69 Å². The summed E-state index contributed by atoms with van der Waals surface area (Å²) < 4.78 is 5.08. The van der Waals surface area contributed by atoms with Crippen molar-refractivity contribution in [2.75, 3.05) is 7.11 Å². The van der Waals surface area contributed by atoms with Crippen molar-refractivity contribution in [1.82, 2.24) is 9.55 Å². The average molecular weight is 184 g/mol. The lowest BCUT2D eigenvalue weighted by Gasteiger charge is -2.03. The van der Waals surface area contributed by atoms with Gasteiger partial charge in [-0.1, -0.05) is 0 Å². The second-order valence-electron chi connectivity index (χ2n) is 2.39. The van der Waals surface area contributed by atoms with Crippen LogP contribution in [0.3, 0.4) is 0 Å². The fourth-order valence-electron chi connectivity index (χ4n) is 0.930. The van der Waals surface area contributed by atoms with Crippen LogP contribution in [0.15, 0.2) is 15.7 Å². The standard InChI is InChI=1S/C7H8N2O4/c1-4-3-5(10)8-6(11)9(4)7(12)13-2/h3H,1-2H3,(H,8,10,11). The second kappa shape index (κ2) is 3.26. The van der Waals surface area contributed by atoms with Gasteiger partial charge in [0, 0.05) is 11.8 Å². The first-order chi connectivity index (χ1) is 6.06. The van der Waals surface area contributed by atoms with Crippen LogP contribution in [0, 0.1) is 6.92 Å². The van der Waals surface area contributed by atoms with E-state index in [4.69, 9.17) is 0 Å². The highest BCUT2D eigenvalue weighted by molar-refractivity contribution is 5.70. The summed E-state index contributed by atoms with van der Waals surface area (Å²) in [5, 5.41) is 0. The Morgan fingerprint density at radius 1 is 1.54 bits per heavy atom. The van der Waals surface area contributed by atoms with Gasteiger partial charge in [0.1, 0.15) is 0 Å². The zero-order chi connectivity index (χ0) is 10.0. The number of hydrogen-bond donors (Lipinski definition) is 1. The molecule has 0 spiro atoms. The number of ether oxygens (including phenoxy) is 1. The van der Waals surface area contributed by atoms with E-state index in [1.54, 1.807) is 0 Å².